The van der Waals surface area contributed by atoms with Crippen LogP contribution in [-0.4, -0.2) is 47.6 Å². The smallest absolute Gasteiger partial charge is 0.306 e. The van der Waals surface area contributed by atoms with Crippen molar-refractivity contribution in [2.75, 3.05) is 33.2 Å². The van der Waals surface area contributed by atoms with Crippen molar-refractivity contribution in [2.24, 2.45) is 0 Å². The van der Waals surface area contributed by atoms with E-state index < -0.39 is 20.6 Å². The number of esters is 1. The second kappa shape index (κ2) is 6.03. The first kappa shape index (κ1) is 15.8. The van der Waals surface area contributed by atoms with Gasteiger partial charge in [-0.25, -0.2) is 8.42 Å². The average molecular weight is 314 g/mol. The Morgan fingerprint density at radius 1 is 1.24 bits per heavy atom. The molecule has 1 fully saturated rings. The van der Waals surface area contributed by atoms with E-state index in [1.807, 2.05) is 0 Å². The molecule has 0 amide bonds. The first-order valence-electron chi connectivity index (χ1n) is 6.46. The van der Waals surface area contributed by atoms with E-state index in [-0.39, 0.29) is 25.4 Å². The average Bonchev–Trinajstić information content (AvgIpc) is 2.44. The molecule has 1 heterocycles. The standard InChI is InChI=1S/C14H18O6S/c1-18-12-5-3-11(4-6-12)14(9-20-10-14)21(16,17)8-7-13(15)19-2/h3-6H,7-10H2,1-2H3. The van der Waals surface area contributed by atoms with Crippen molar-refractivity contribution in [2.45, 2.75) is 11.2 Å². The van der Waals surface area contributed by atoms with Gasteiger partial charge in [-0.3, -0.25) is 4.79 Å². The lowest BCUT2D eigenvalue weighted by atomic mass is 9.96. The number of benzene rings is 1. The highest BCUT2D eigenvalue weighted by Crippen LogP contribution is 2.39. The van der Waals surface area contributed by atoms with Gasteiger partial charge in [0.2, 0.25) is 0 Å². The Bertz CT molecular complexity index is 601. The van der Waals surface area contributed by atoms with Crippen molar-refractivity contribution in [3.05, 3.63) is 29.8 Å². The zero-order chi connectivity index (χ0) is 15.5. The molecule has 7 heteroatoms. The number of sulfone groups is 1. The van der Waals surface area contributed by atoms with Crippen LogP contribution in [0, 0.1) is 0 Å². The molecule has 0 atom stereocenters. The van der Waals surface area contributed by atoms with Gasteiger partial charge in [0.25, 0.3) is 0 Å². The SMILES string of the molecule is COC(=O)CCS(=O)(=O)C1(c2ccc(OC)cc2)COC1. The summed E-state index contributed by atoms with van der Waals surface area (Å²) in [6.07, 6.45) is -0.156. The van der Waals surface area contributed by atoms with Crippen molar-refractivity contribution in [1.82, 2.24) is 0 Å². The molecule has 1 aliphatic heterocycles. The fourth-order valence-corrected chi connectivity index (χ4v) is 4.07. The number of rotatable bonds is 6. The van der Waals surface area contributed by atoms with Crippen LogP contribution in [0.25, 0.3) is 0 Å². The number of carbonyl (C=O) groups is 1. The predicted molar refractivity (Wildman–Crippen MR) is 75.9 cm³/mol. The van der Waals surface area contributed by atoms with Crippen LogP contribution in [0.4, 0.5) is 0 Å². The number of ether oxygens (including phenoxy) is 3. The normalized spacial score (nSPS) is 16.9. The molecule has 0 bridgehead atoms. The summed E-state index contributed by atoms with van der Waals surface area (Å²) in [7, 11) is -0.747. The molecular formula is C14H18O6S. The Balaban J connectivity index is 2.25. The van der Waals surface area contributed by atoms with Crippen LogP contribution in [-0.2, 0) is 28.9 Å². The molecule has 0 radical (unpaired) electrons. The summed E-state index contributed by atoms with van der Waals surface area (Å²) in [5, 5.41) is 0. The summed E-state index contributed by atoms with van der Waals surface area (Å²) < 4.78 is 38.8. The maximum Gasteiger partial charge on any atom is 0.306 e. The van der Waals surface area contributed by atoms with Crippen molar-refractivity contribution < 1.29 is 27.4 Å². The quantitative estimate of drug-likeness (QED) is 0.726. The molecule has 0 saturated carbocycles. The fourth-order valence-electron chi connectivity index (χ4n) is 2.22. The Morgan fingerprint density at radius 3 is 2.29 bits per heavy atom. The minimum absolute atomic E-state index is 0.100. The van der Waals surface area contributed by atoms with Gasteiger partial charge in [-0.2, -0.15) is 0 Å². The lowest BCUT2D eigenvalue weighted by Crippen LogP contribution is -2.53. The largest absolute Gasteiger partial charge is 0.497 e. The first-order chi connectivity index (χ1) is 9.95. The molecule has 0 N–H and O–H groups in total. The maximum atomic E-state index is 12.6. The van der Waals surface area contributed by atoms with Crippen LogP contribution in [0.15, 0.2) is 24.3 Å². The summed E-state index contributed by atoms with van der Waals surface area (Å²) in [5.41, 5.74) is 0.652. The van der Waals surface area contributed by atoms with Gasteiger partial charge in [-0.1, -0.05) is 12.1 Å². The van der Waals surface area contributed by atoms with Crippen molar-refractivity contribution in [3.8, 4) is 5.75 Å². The van der Waals surface area contributed by atoms with Crippen molar-refractivity contribution in [3.63, 3.8) is 0 Å². The molecular weight excluding hydrogens is 296 g/mol. The molecule has 0 spiro atoms. The number of methoxy groups -OCH3 is 2. The second-order valence-corrected chi connectivity index (χ2v) is 7.28. The molecule has 1 aromatic carbocycles. The third-order valence-electron chi connectivity index (χ3n) is 3.68. The Morgan fingerprint density at radius 2 is 1.86 bits per heavy atom. The summed E-state index contributed by atoms with van der Waals surface area (Å²) in [6, 6.07) is 6.87. The van der Waals surface area contributed by atoms with Gasteiger partial charge in [0.05, 0.1) is 39.6 Å². The van der Waals surface area contributed by atoms with Gasteiger partial charge in [0.1, 0.15) is 10.5 Å². The molecule has 0 unspecified atom stereocenters. The van der Waals surface area contributed by atoms with Crippen LogP contribution in [0.3, 0.4) is 0 Å². The van der Waals surface area contributed by atoms with Gasteiger partial charge in [-0.05, 0) is 17.7 Å². The lowest BCUT2D eigenvalue weighted by molar-refractivity contribution is -0.140. The van der Waals surface area contributed by atoms with Gasteiger partial charge < -0.3 is 14.2 Å². The molecule has 1 aromatic rings. The van der Waals surface area contributed by atoms with E-state index in [4.69, 9.17) is 9.47 Å². The molecule has 116 valence electrons. The second-order valence-electron chi connectivity index (χ2n) is 4.86. The van der Waals surface area contributed by atoms with Crippen LogP contribution in [0.5, 0.6) is 5.75 Å². The van der Waals surface area contributed by atoms with Crippen LogP contribution < -0.4 is 4.74 Å². The minimum atomic E-state index is -3.53. The van der Waals surface area contributed by atoms with Crippen LogP contribution in [0.1, 0.15) is 12.0 Å². The molecule has 0 aromatic heterocycles. The zero-order valence-corrected chi connectivity index (χ0v) is 12.8. The highest BCUT2D eigenvalue weighted by Gasteiger charge is 2.51. The number of hydrogen-bond acceptors (Lipinski definition) is 6. The summed E-state index contributed by atoms with van der Waals surface area (Å²) in [4.78, 5) is 11.2. The monoisotopic (exact) mass is 314 g/mol. The minimum Gasteiger partial charge on any atom is -0.497 e. The maximum absolute atomic E-state index is 12.6. The predicted octanol–water partition coefficient (Wildman–Crippen LogP) is 0.899. The third-order valence-corrected chi connectivity index (χ3v) is 6.09. The van der Waals surface area contributed by atoms with Crippen LogP contribution in [0.2, 0.25) is 0 Å². The lowest BCUT2D eigenvalue weighted by Gasteiger charge is -2.41. The fraction of sp³-hybridized carbons (Fsp3) is 0.500. The van der Waals surface area contributed by atoms with E-state index in [1.54, 1.807) is 31.4 Å². The highest BCUT2D eigenvalue weighted by atomic mass is 32.2. The summed E-state index contributed by atoms with van der Waals surface area (Å²) in [6.45, 7) is 0.200. The van der Waals surface area contributed by atoms with Gasteiger partial charge in [0, 0.05) is 0 Å². The van der Waals surface area contributed by atoms with Crippen LogP contribution >= 0.6 is 0 Å². The molecule has 0 aliphatic carbocycles. The highest BCUT2D eigenvalue weighted by molar-refractivity contribution is 7.92. The van der Waals surface area contributed by atoms with Crippen molar-refractivity contribution >= 4 is 15.8 Å². The van der Waals surface area contributed by atoms with Crippen molar-refractivity contribution in [1.29, 1.82) is 0 Å². The van der Waals surface area contributed by atoms with E-state index in [0.29, 0.717) is 11.3 Å². The molecule has 1 saturated heterocycles. The van der Waals surface area contributed by atoms with Gasteiger partial charge >= 0.3 is 5.97 Å². The first-order valence-corrected chi connectivity index (χ1v) is 8.12. The van der Waals surface area contributed by atoms with E-state index in [2.05, 4.69) is 4.74 Å². The zero-order valence-electron chi connectivity index (χ0n) is 12.0. The molecule has 1 aliphatic rings. The molecule has 6 nitrogen and oxygen atoms in total. The van der Waals surface area contributed by atoms with E-state index in [1.165, 1.54) is 7.11 Å². The number of carbonyl (C=O) groups excluding carboxylic acids is 1. The van der Waals surface area contributed by atoms with E-state index in [0.717, 1.165) is 0 Å². The number of hydrogen-bond donors (Lipinski definition) is 0. The van der Waals surface area contributed by atoms with E-state index >= 15 is 0 Å². The summed E-state index contributed by atoms with van der Waals surface area (Å²) >= 11 is 0. The Hall–Kier alpha value is -1.60. The van der Waals surface area contributed by atoms with Gasteiger partial charge in [0.15, 0.2) is 9.84 Å². The van der Waals surface area contributed by atoms with E-state index in [9.17, 15) is 13.2 Å². The van der Waals surface area contributed by atoms with Gasteiger partial charge in [-0.15, -0.1) is 0 Å². The molecule has 21 heavy (non-hydrogen) atoms. The Labute approximate surface area is 123 Å². The Kier molecular flexibility index (Phi) is 4.53. The third kappa shape index (κ3) is 2.89. The molecule has 2 rings (SSSR count). The topological polar surface area (TPSA) is 78.9 Å². The summed E-state index contributed by atoms with van der Waals surface area (Å²) in [5.74, 6) is -0.139.